The summed E-state index contributed by atoms with van der Waals surface area (Å²) in [5, 5.41) is 0. The number of hydrogen-bond acceptors (Lipinski definition) is 3. The van der Waals surface area contributed by atoms with Crippen LogP contribution in [0.15, 0.2) is 35.2 Å². The van der Waals surface area contributed by atoms with Crippen LogP contribution in [0.1, 0.15) is 5.56 Å². The summed E-state index contributed by atoms with van der Waals surface area (Å²) < 4.78 is 58.2. The fraction of sp³-hybridized carbons (Fsp3) is 0.143. The van der Waals surface area contributed by atoms with Gasteiger partial charge < -0.3 is 10.5 Å². The predicted molar refractivity (Wildman–Crippen MR) is 73.8 cm³/mol. The van der Waals surface area contributed by atoms with Crippen LogP contribution in [-0.2, 0) is 16.6 Å². The maximum absolute atomic E-state index is 13.9. The molecule has 0 aliphatic heterocycles. The maximum Gasteiger partial charge on any atom is 0.169 e. The van der Waals surface area contributed by atoms with E-state index in [1.165, 1.54) is 25.3 Å². The quantitative estimate of drug-likeness (QED) is 0.883. The van der Waals surface area contributed by atoms with Crippen molar-refractivity contribution in [2.45, 2.75) is 10.6 Å². The van der Waals surface area contributed by atoms with E-state index in [9.17, 15) is 17.4 Å². The van der Waals surface area contributed by atoms with Gasteiger partial charge in [-0.25, -0.2) is 13.2 Å². The molecule has 1 unspecified atom stereocenters. The molecule has 21 heavy (non-hydrogen) atoms. The van der Waals surface area contributed by atoms with Crippen LogP contribution < -0.4 is 10.5 Å². The predicted octanol–water partition coefficient (Wildman–Crippen LogP) is 3.00. The molecule has 0 radical (unpaired) electrons. The molecule has 7 heteroatoms. The van der Waals surface area contributed by atoms with Gasteiger partial charge in [-0.05, 0) is 18.2 Å². The van der Waals surface area contributed by atoms with Crippen molar-refractivity contribution in [2.75, 3.05) is 12.8 Å². The Kier molecular flexibility index (Phi) is 4.52. The first-order valence-corrected chi connectivity index (χ1v) is 7.20. The zero-order valence-electron chi connectivity index (χ0n) is 11.0. The molecular formula is C14H12F3NO2S. The van der Waals surface area contributed by atoms with Crippen molar-refractivity contribution in [3.8, 4) is 5.75 Å². The molecule has 112 valence electrons. The van der Waals surface area contributed by atoms with Gasteiger partial charge in [-0.1, -0.05) is 12.1 Å². The van der Waals surface area contributed by atoms with Gasteiger partial charge in [-0.2, -0.15) is 0 Å². The van der Waals surface area contributed by atoms with Crippen molar-refractivity contribution in [3.05, 3.63) is 53.3 Å². The number of anilines is 1. The van der Waals surface area contributed by atoms with Crippen LogP contribution in [0.3, 0.4) is 0 Å². The molecule has 0 spiro atoms. The SMILES string of the molecule is COc1cccc(CS(=O)c2c(F)cc(N)cc2F)c1F. The second-order valence-electron chi connectivity index (χ2n) is 4.24. The summed E-state index contributed by atoms with van der Waals surface area (Å²) in [4.78, 5) is -0.619. The lowest BCUT2D eigenvalue weighted by atomic mass is 10.2. The van der Waals surface area contributed by atoms with Crippen molar-refractivity contribution in [1.82, 2.24) is 0 Å². The number of methoxy groups -OCH3 is 1. The summed E-state index contributed by atoms with van der Waals surface area (Å²) in [6.45, 7) is 0. The van der Waals surface area contributed by atoms with Crippen molar-refractivity contribution in [3.63, 3.8) is 0 Å². The molecule has 0 saturated carbocycles. The topological polar surface area (TPSA) is 52.3 Å². The van der Waals surface area contributed by atoms with E-state index >= 15 is 0 Å². The fourth-order valence-corrected chi connectivity index (χ4v) is 3.04. The zero-order valence-corrected chi connectivity index (χ0v) is 11.8. The molecule has 1 atom stereocenters. The van der Waals surface area contributed by atoms with Crippen LogP contribution in [0.2, 0.25) is 0 Å². The summed E-state index contributed by atoms with van der Waals surface area (Å²) in [7, 11) is -0.797. The maximum atomic E-state index is 13.9. The molecule has 2 N–H and O–H groups in total. The van der Waals surface area contributed by atoms with E-state index in [-0.39, 0.29) is 22.8 Å². The third-order valence-corrected chi connectivity index (χ3v) is 4.22. The number of nitrogen functional groups attached to an aromatic ring is 1. The van der Waals surface area contributed by atoms with Gasteiger partial charge in [0.15, 0.2) is 11.6 Å². The highest BCUT2D eigenvalue weighted by molar-refractivity contribution is 7.84. The smallest absolute Gasteiger partial charge is 0.169 e. The molecule has 0 aliphatic rings. The van der Waals surface area contributed by atoms with Gasteiger partial charge >= 0.3 is 0 Å². The highest BCUT2D eigenvalue weighted by atomic mass is 32.2. The highest BCUT2D eigenvalue weighted by Crippen LogP contribution is 2.25. The van der Waals surface area contributed by atoms with Crippen LogP contribution in [0, 0.1) is 17.5 Å². The van der Waals surface area contributed by atoms with Crippen molar-refractivity contribution >= 4 is 16.5 Å². The van der Waals surface area contributed by atoms with Gasteiger partial charge in [0.25, 0.3) is 0 Å². The number of rotatable bonds is 4. The van der Waals surface area contributed by atoms with Gasteiger partial charge in [0.2, 0.25) is 0 Å². The van der Waals surface area contributed by atoms with Crippen LogP contribution in [0.5, 0.6) is 5.75 Å². The van der Waals surface area contributed by atoms with Crippen molar-refractivity contribution < 1.29 is 22.1 Å². The minimum absolute atomic E-state index is 0.0252. The minimum atomic E-state index is -2.09. The fourth-order valence-electron chi connectivity index (χ4n) is 1.84. The molecule has 0 heterocycles. The Labute approximate surface area is 122 Å². The zero-order chi connectivity index (χ0) is 15.6. The first-order chi connectivity index (χ1) is 9.93. The monoisotopic (exact) mass is 315 g/mol. The van der Waals surface area contributed by atoms with E-state index in [1.807, 2.05) is 0 Å². The average molecular weight is 315 g/mol. The van der Waals surface area contributed by atoms with E-state index in [0.29, 0.717) is 0 Å². The summed E-state index contributed by atoms with van der Waals surface area (Å²) >= 11 is 0. The molecule has 0 saturated heterocycles. The van der Waals surface area contributed by atoms with E-state index in [4.69, 9.17) is 10.5 Å². The molecular weight excluding hydrogens is 303 g/mol. The molecule has 2 rings (SSSR count). The molecule has 0 aliphatic carbocycles. The van der Waals surface area contributed by atoms with Crippen LogP contribution in [0.25, 0.3) is 0 Å². The van der Waals surface area contributed by atoms with Crippen molar-refractivity contribution in [1.29, 1.82) is 0 Å². The van der Waals surface area contributed by atoms with Gasteiger partial charge in [-0.15, -0.1) is 0 Å². The molecule has 0 aromatic heterocycles. The number of hydrogen-bond donors (Lipinski definition) is 1. The third-order valence-electron chi connectivity index (χ3n) is 2.80. The summed E-state index contributed by atoms with van der Waals surface area (Å²) in [6.07, 6.45) is 0. The van der Waals surface area contributed by atoms with Gasteiger partial charge in [-0.3, -0.25) is 4.21 Å². The number of benzene rings is 2. The van der Waals surface area contributed by atoms with E-state index in [2.05, 4.69) is 0 Å². The third kappa shape index (κ3) is 3.18. The Hall–Kier alpha value is -2.02. The number of halogens is 3. The molecule has 0 fully saturated rings. The summed E-state index contributed by atoms with van der Waals surface area (Å²) in [5.41, 5.74) is 5.22. The molecule has 2 aromatic rings. The second kappa shape index (κ2) is 6.17. The van der Waals surface area contributed by atoms with Crippen LogP contribution >= 0.6 is 0 Å². The second-order valence-corrected chi connectivity index (χ2v) is 5.62. The highest BCUT2D eigenvalue weighted by Gasteiger charge is 2.19. The van der Waals surface area contributed by atoms with Gasteiger partial charge in [0.05, 0.1) is 23.7 Å². The summed E-state index contributed by atoms with van der Waals surface area (Å²) in [6, 6.07) is 6.02. The van der Waals surface area contributed by atoms with Crippen LogP contribution in [0.4, 0.5) is 18.9 Å². The average Bonchev–Trinajstić information content (AvgIpc) is 2.40. The first kappa shape index (κ1) is 15.4. The molecule has 0 amide bonds. The normalized spacial score (nSPS) is 12.2. The Bertz CT molecular complexity index is 684. The van der Waals surface area contributed by atoms with E-state index in [0.717, 1.165) is 12.1 Å². The largest absolute Gasteiger partial charge is 0.494 e. The standard InChI is InChI=1S/C14H12F3NO2S/c1-20-12-4-2-3-8(13(12)17)7-21(19)14-10(15)5-9(18)6-11(14)16/h2-6H,7,18H2,1H3. The molecule has 3 nitrogen and oxygen atoms in total. The Morgan fingerprint density at radius 2 is 1.81 bits per heavy atom. The van der Waals surface area contributed by atoms with E-state index in [1.54, 1.807) is 0 Å². The Morgan fingerprint density at radius 1 is 1.19 bits per heavy atom. The summed E-state index contributed by atoms with van der Waals surface area (Å²) in [5.74, 6) is -3.14. The lowest BCUT2D eigenvalue weighted by Gasteiger charge is -2.09. The van der Waals surface area contributed by atoms with Gasteiger partial charge in [0, 0.05) is 11.3 Å². The van der Waals surface area contributed by atoms with Crippen LogP contribution in [-0.4, -0.2) is 11.3 Å². The molecule has 0 bridgehead atoms. The lowest BCUT2D eigenvalue weighted by Crippen LogP contribution is -2.05. The first-order valence-electron chi connectivity index (χ1n) is 5.88. The lowest BCUT2D eigenvalue weighted by molar-refractivity contribution is 0.385. The minimum Gasteiger partial charge on any atom is -0.494 e. The number of ether oxygens (including phenoxy) is 1. The van der Waals surface area contributed by atoms with Crippen molar-refractivity contribution in [2.24, 2.45) is 0 Å². The van der Waals surface area contributed by atoms with Gasteiger partial charge in [0.1, 0.15) is 16.5 Å². The molecule has 2 aromatic carbocycles. The van der Waals surface area contributed by atoms with E-state index < -0.39 is 33.1 Å². The Morgan fingerprint density at radius 3 is 2.38 bits per heavy atom. The number of nitrogens with two attached hydrogens (primary N) is 1. The Balaban J connectivity index is 2.35.